The fraction of sp³-hybridized carbons (Fsp3) is 0.161. The maximum Gasteiger partial charge on any atom is 0.347 e. The van der Waals surface area contributed by atoms with Gasteiger partial charge in [-0.15, -0.1) is 0 Å². The van der Waals surface area contributed by atoms with E-state index in [4.69, 9.17) is 4.42 Å². The zero-order valence-corrected chi connectivity index (χ0v) is 20.0. The quantitative estimate of drug-likeness (QED) is 0.295. The van der Waals surface area contributed by atoms with E-state index >= 15 is 0 Å². The summed E-state index contributed by atoms with van der Waals surface area (Å²) in [5.74, 6) is 0.00633. The highest BCUT2D eigenvalue weighted by atomic mass is 16.3. The van der Waals surface area contributed by atoms with Crippen LogP contribution in [0, 0.1) is 0 Å². The minimum absolute atomic E-state index is 0.0121. The van der Waals surface area contributed by atoms with Gasteiger partial charge in [-0.1, -0.05) is 78.9 Å². The summed E-state index contributed by atoms with van der Waals surface area (Å²) in [6.45, 7) is 0. The van der Waals surface area contributed by atoms with Crippen molar-refractivity contribution in [1.82, 2.24) is 13.9 Å². The summed E-state index contributed by atoms with van der Waals surface area (Å²) in [6, 6.07) is 28.8. The molecule has 0 amide bonds. The van der Waals surface area contributed by atoms with Crippen molar-refractivity contribution >= 4 is 21.9 Å². The van der Waals surface area contributed by atoms with Crippen molar-refractivity contribution in [1.29, 1.82) is 0 Å². The van der Waals surface area contributed by atoms with E-state index in [0.717, 1.165) is 44.2 Å². The Labute approximate surface area is 210 Å². The van der Waals surface area contributed by atoms with E-state index in [2.05, 4.69) is 54.6 Å². The molecule has 4 aliphatic rings. The Morgan fingerprint density at radius 2 is 1.22 bits per heavy atom. The van der Waals surface area contributed by atoms with E-state index in [1.807, 2.05) is 30.3 Å². The molecule has 0 saturated heterocycles. The lowest BCUT2D eigenvalue weighted by Crippen LogP contribution is -2.51. The highest BCUT2D eigenvalue weighted by molar-refractivity contribution is 6.11. The highest BCUT2D eigenvalue weighted by Crippen LogP contribution is 2.64. The zero-order valence-electron chi connectivity index (χ0n) is 20.0. The van der Waals surface area contributed by atoms with Crippen molar-refractivity contribution < 1.29 is 4.42 Å². The molecule has 0 saturated carbocycles. The molecule has 4 aromatic carbocycles. The van der Waals surface area contributed by atoms with Crippen LogP contribution in [0.25, 0.3) is 33.1 Å². The van der Waals surface area contributed by atoms with Crippen LogP contribution in [-0.4, -0.2) is 13.9 Å². The summed E-state index contributed by atoms with van der Waals surface area (Å²) >= 11 is 0. The monoisotopic (exact) mass is 483 g/mol. The largest absolute Gasteiger partial charge is 0.455 e. The third-order valence-corrected chi connectivity index (χ3v) is 8.95. The highest BCUT2D eigenvalue weighted by Gasteiger charge is 2.55. The van der Waals surface area contributed by atoms with E-state index in [9.17, 15) is 9.59 Å². The van der Waals surface area contributed by atoms with Gasteiger partial charge in [0.1, 0.15) is 11.2 Å². The summed E-state index contributed by atoms with van der Waals surface area (Å²) in [5, 5.41) is 2.20. The van der Waals surface area contributed by atoms with Gasteiger partial charge in [-0.3, -0.25) is 0 Å². The molecule has 6 heteroatoms. The van der Waals surface area contributed by atoms with Crippen LogP contribution in [0.15, 0.2) is 98.9 Å². The minimum Gasteiger partial charge on any atom is -0.455 e. The van der Waals surface area contributed by atoms with Crippen LogP contribution in [0.3, 0.4) is 0 Å². The van der Waals surface area contributed by atoms with Crippen LogP contribution in [-0.2, 0) is 7.05 Å². The first-order chi connectivity index (χ1) is 18.1. The Morgan fingerprint density at radius 3 is 1.95 bits per heavy atom. The Bertz CT molecular complexity index is 2090. The Morgan fingerprint density at radius 1 is 0.622 bits per heavy atom. The second-order valence-electron chi connectivity index (χ2n) is 10.5. The summed E-state index contributed by atoms with van der Waals surface area (Å²) in [6.07, 6.45) is 0. The van der Waals surface area contributed by atoms with Crippen molar-refractivity contribution in [3.63, 3.8) is 0 Å². The van der Waals surface area contributed by atoms with Gasteiger partial charge in [-0.2, -0.15) is 0 Å². The number of furan rings is 1. The Balaban J connectivity index is 1.46. The summed E-state index contributed by atoms with van der Waals surface area (Å²) < 4.78 is 11.2. The lowest BCUT2D eigenvalue weighted by molar-refractivity contribution is 0.174. The second-order valence-corrected chi connectivity index (χ2v) is 10.5. The molecule has 2 unspecified atom stereocenters. The van der Waals surface area contributed by atoms with Crippen LogP contribution in [0.1, 0.15) is 46.2 Å². The SMILES string of the molecule is Cn1c(=O)n2n(c1=O)C1c3ccccc3C2[C@H]2c3ccccc3-c3c(ccc4c3oc3ccccc34)[C@@H]12. The van der Waals surface area contributed by atoms with E-state index in [1.165, 1.54) is 15.7 Å². The minimum atomic E-state index is -0.290. The fourth-order valence-electron chi connectivity index (χ4n) is 7.58. The molecular weight excluding hydrogens is 462 g/mol. The van der Waals surface area contributed by atoms with E-state index in [1.54, 1.807) is 16.4 Å². The summed E-state index contributed by atoms with van der Waals surface area (Å²) in [5.41, 5.74) is 8.11. The third kappa shape index (κ3) is 2.11. The number of rotatable bonds is 0. The maximum absolute atomic E-state index is 13.5. The van der Waals surface area contributed by atoms with Gasteiger partial charge in [0.15, 0.2) is 0 Å². The van der Waals surface area contributed by atoms with E-state index < -0.39 is 0 Å². The second kappa shape index (κ2) is 6.40. The molecule has 178 valence electrons. The van der Waals surface area contributed by atoms with E-state index in [0.29, 0.717) is 0 Å². The predicted octanol–water partition coefficient (Wildman–Crippen LogP) is 5.30. The lowest BCUT2D eigenvalue weighted by Gasteiger charge is -2.53. The average Bonchev–Trinajstić information content (AvgIpc) is 3.44. The van der Waals surface area contributed by atoms with Crippen molar-refractivity contribution in [3.8, 4) is 11.1 Å². The van der Waals surface area contributed by atoms with Gasteiger partial charge in [-0.05, 0) is 33.9 Å². The molecule has 4 atom stereocenters. The Hall–Kier alpha value is -4.58. The molecule has 2 bridgehead atoms. The van der Waals surface area contributed by atoms with E-state index in [-0.39, 0.29) is 35.3 Å². The molecule has 0 spiro atoms. The van der Waals surface area contributed by atoms with Gasteiger partial charge in [0.2, 0.25) is 0 Å². The van der Waals surface area contributed by atoms with Gasteiger partial charge in [-0.25, -0.2) is 23.5 Å². The first-order valence-electron chi connectivity index (χ1n) is 12.7. The number of hydrogen-bond acceptors (Lipinski definition) is 3. The molecule has 6 aromatic rings. The first-order valence-corrected chi connectivity index (χ1v) is 12.7. The maximum atomic E-state index is 13.5. The molecule has 0 N–H and O–H groups in total. The number of hydrogen-bond donors (Lipinski definition) is 0. The molecule has 0 radical (unpaired) electrons. The van der Waals surface area contributed by atoms with Crippen molar-refractivity contribution in [3.05, 3.63) is 128 Å². The van der Waals surface area contributed by atoms with Crippen molar-refractivity contribution in [2.24, 2.45) is 7.05 Å². The third-order valence-electron chi connectivity index (χ3n) is 8.95. The standard InChI is InChI=1S/C31H21N3O3/c1-32-30(35)33-27-19-11-4-5-12-20(19)28(34(33)31(32)36)26-22-15-14-21-16-8-6-7-13-23(16)37-29(21)24(22)17-9-2-3-10-18(17)25(26)27/h2-15,25-28H,1H3/t25-,26+,27?,28?/m0/s1. The van der Waals surface area contributed by atoms with Crippen LogP contribution >= 0.6 is 0 Å². The molecule has 2 aliphatic carbocycles. The predicted molar refractivity (Wildman–Crippen MR) is 141 cm³/mol. The number of nitrogens with zero attached hydrogens (tertiary/aromatic N) is 3. The summed E-state index contributed by atoms with van der Waals surface area (Å²) in [7, 11) is 1.58. The van der Waals surface area contributed by atoms with Crippen LogP contribution in [0.2, 0.25) is 0 Å². The molecule has 0 fully saturated rings. The summed E-state index contributed by atoms with van der Waals surface area (Å²) in [4.78, 5) is 26.9. The Kier molecular flexibility index (Phi) is 3.39. The molecule has 37 heavy (non-hydrogen) atoms. The molecule has 6 nitrogen and oxygen atoms in total. The molecule has 4 heterocycles. The fourth-order valence-corrected chi connectivity index (χ4v) is 7.58. The number of fused-ring (bicyclic) bond motifs is 7. The van der Waals surface area contributed by atoms with Crippen molar-refractivity contribution in [2.75, 3.05) is 0 Å². The average molecular weight is 484 g/mol. The number of aromatic nitrogens is 3. The smallest absolute Gasteiger partial charge is 0.347 e. The molecule has 10 rings (SSSR count). The van der Waals surface area contributed by atoms with Crippen LogP contribution < -0.4 is 11.4 Å². The molecule has 2 aliphatic heterocycles. The molecule has 2 aromatic heterocycles. The zero-order chi connectivity index (χ0) is 24.6. The van der Waals surface area contributed by atoms with Gasteiger partial charge in [0, 0.05) is 35.2 Å². The molecular formula is C31H21N3O3. The first kappa shape index (κ1) is 19.6. The van der Waals surface area contributed by atoms with Gasteiger partial charge in [0.25, 0.3) is 0 Å². The number of benzene rings is 4. The van der Waals surface area contributed by atoms with Crippen LogP contribution in [0.4, 0.5) is 0 Å². The lowest BCUT2D eigenvalue weighted by atomic mass is 9.59. The van der Waals surface area contributed by atoms with Gasteiger partial charge >= 0.3 is 11.4 Å². The normalized spacial score (nSPS) is 22.4. The van der Waals surface area contributed by atoms with Gasteiger partial charge in [0.05, 0.1) is 12.1 Å². The van der Waals surface area contributed by atoms with Crippen LogP contribution in [0.5, 0.6) is 0 Å². The van der Waals surface area contributed by atoms with Crippen molar-refractivity contribution in [2.45, 2.75) is 23.9 Å². The van der Waals surface area contributed by atoms with Gasteiger partial charge < -0.3 is 4.42 Å². The topological polar surface area (TPSA) is 62.1 Å². The number of para-hydroxylation sites is 1.